The van der Waals surface area contributed by atoms with Gasteiger partial charge in [0.2, 0.25) is 0 Å². The lowest BCUT2D eigenvalue weighted by atomic mass is 10.1. The molecular weight excluding hydrogens is 361 g/mol. The number of phenols is 1. The molecule has 2 aliphatic rings. The number of ether oxygens (including phenoxy) is 1. The van der Waals surface area contributed by atoms with E-state index in [1.165, 1.54) is 26.0 Å². The highest BCUT2D eigenvalue weighted by Gasteiger charge is 2.31. The van der Waals surface area contributed by atoms with E-state index in [0.717, 1.165) is 44.0 Å². The minimum absolute atomic E-state index is 0.0763. The van der Waals surface area contributed by atoms with Crippen molar-refractivity contribution in [2.75, 3.05) is 43.5 Å². The average molecular weight is 385 g/mol. The molecule has 1 aliphatic carbocycles. The van der Waals surface area contributed by atoms with Crippen LogP contribution in [0.4, 0.5) is 15.8 Å². The van der Waals surface area contributed by atoms with E-state index in [9.17, 15) is 14.3 Å². The molecule has 0 atom stereocenters. The summed E-state index contributed by atoms with van der Waals surface area (Å²) in [5.41, 5.74) is 1.83. The van der Waals surface area contributed by atoms with Crippen LogP contribution >= 0.6 is 0 Å². The number of anilines is 2. The topological polar surface area (TPSA) is 65.0 Å². The Kier molecular flexibility index (Phi) is 5.09. The zero-order chi connectivity index (χ0) is 19.7. The molecule has 1 amide bonds. The van der Waals surface area contributed by atoms with Crippen molar-refractivity contribution in [1.29, 1.82) is 0 Å². The van der Waals surface area contributed by atoms with Crippen molar-refractivity contribution < 1.29 is 19.0 Å². The number of aromatic hydroxyl groups is 1. The van der Waals surface area contributed by atoms with Gasteiger partial charge >= 0.3 is 0 Å². The van der Waals surface area contributed by atoms with Gasteiger partial charge in [0.25, 0.3) is 5.91 Å². The number of carbonyl (C=O) groups excluding carboxylic acids is 1. The van der Waals surface area contributed by atoms with E-state index in [1.807, 2.05) is 24.3 Å². The van der Waals surface area contributed by atoms with Crippen LogP contribution in [0.5, 0.6) is 11.5 Å². The Morgan fingerprint density at radius 1 is 1.14 bits per heavy atom. The Labute approximate surface area is 163 Å². The lowest BCUT2D eigenvalue weighted by Crippen LogP contribution is -2.47. The van der Waals surface area contributed by atoms with Crippen LogP contribution in [0.1, 0.15) is 23.2 Å². The molecule has 2 fully saturated rings. The summed E-state index contributed by atoms with van der Waals surface area (Å²) < 4.78 is 18.6. The minimum Gasteiger partial charge on any atom is -0.502 e. The molecule has 7 heteroatoms. The van der Waals surface area contributed by atoms with E-state index in [0.29, 0.717) is 5.69 Å². The van der Waals surface area contributed by atoms with Crippen LogP contribution in [0.2, 0.25) is 0 Å². The summed E-state index contributed by atoms with van der Waals surface area (Å²) in [6.07, 6.45) is 2.68. The second-order valence-electron chi connectivity index (χ2n) is 7.26. The van der Waals surface area contributed by atoms with Gasteiger partial charge < -0.3 is 20.1 Å². The van der Waals surface area contributed by atoms with Gasteiger partial charge in [-0.15, -0.1) is 0 Å². The molecule has 0 radical (unpaired) electrons. The summed E-state index contributed by atoms with van der Waals surface area (Å²) in [7, 11) is 1.30. The molecule has 1 saturated heterocycles. The van der Waals surface area contributed by atoms with Gasteiger partial charge in [-0.25, -0.2) is 4.39 Å². The third kappa shape index (κ3) is 3.89. The number of carbonyl (C=O) groups is 1. The SMILES string of the molecule is COc1cc(C(=O)Nc2ccc(N3CCN(C4CC4)CC3)cc2)cc(F)c1O. The largest absolute Gasteiger partial charge is 0.502 e. The third-order valence-electron chi connectivity index (χ3n) is 5.38. The molecule has 2 aromatic carbocycles. The number of halogens is 1. The van der Waals surface area contributed by atoms with E-state index in [1.54, 1.807) is 0 Å². The van der Waals surface area contributed by atoms with E-state index in [4.69, 9.17) is 4.74 Å². The maximum Gasteiger partial charge on any atom is 0.255 e. The molecular formula is C21H24FN3O3. The molecule has 1 aliphatic heterocycles. The number of hydrogen-bond acceptors (Lipinski definition) is 5. The van der Waals surface area contributed by atoms with Gasteiger partial charge in [-0.05, 0) is 49.2 Å². The van der Waals surface area contributed by atoms with E-state index in [-0.39, 0.29) is 11.3 Å². The first-order valence-electron chi connectivity index (χ1n) is 9.52. The maximum atomic E-state index is 13.7. The average Bonchev–Trinajstić information content (AvgIpc) is 3.56. The van der Waals surface area contributed by atoms with Gasteiger partial charge in [0.1, 0.15) is 0 Å². The molecule has 1 saturated carbocycles. The summed E-state index contributed by atoms with van der Waals surface area (Å²) in [6, 6.07) is 10.8. The zero-order valence-electron chi connectivity index (χ0n) is 15.8. The second-order valence-corrected chi connectivity index (χ2v) is 7.26. The highest BCUT2D eigenvalue weighted by Crippen LogP contribution is 2.31. The van der Waals surface area contributed by atoms with E-state index >= 15 is 0 Å². The van der Waals surface area contributed by atoms with Crippen LogP contribution in [0.15, 0.2) is 36.4 Å². The summed E-state index contributed by atoms with van der Waals surface area (Å²) in [4.78, 5) is 17.3. The third-order valence-corrected chi connectivity index (χ3v) is 5.38. The molecule has 28 heavy (non-hydrogen) atoms. The number of nitrogens with one attached hydrogen (secondary N) is 1. The molecule has 6 nitrogen and oxygen atoms in total. The van der Waals surface area contributed by atoms with Gasteiger partial charge in [-0.1, -0.05) is 0 Å². The number of piperazine rings is 1. The van der Waals surface area contributed by atoms with Gasteiger partial charge in [0.05, 0.1) is 7.11 Å². The Balaban J connectivity index is 1.39. The van der Waals surface area contributed by atoms with E-state index in [2.05, 4.69) is 15.1 Å². The highest BCUT2D eigenvalue weighted by molar-refractivity contribution is 6.04. The standard InChI is InChI=1S/C21H24FN3O3/c1-28-19-13-14(12-18(22)20(19)26)21(27)23-15-2-4-16(5-3-15)24-8-10-25(11-9-24)17-6-7-17/h2-5,12-13,17,26H,6-11H2,1H3,(H,23,27). The summed E-state index contributed by atoms with van der Waals surface area (Å²) in [6.45, 7) is 4.21. The van der Waals surface area contributed by atoms with Crippen LogP contribution in [0.3, 0.4) is 0 Å². The van der Waals surface area contributed by atoms with Gasteiger partial charge in [-0.2, -0.15) is 0 Å². The first-order chi connectivity index (χ1) is 13.5. The molecule has 148 valence electrons. The van der Waals surface area contributed by atoms with Crippen molar-refractivity contribution in [3.8, 4) is 11.5 Å². The van der Waals surface area contributed by atoms with Crippen molar-refractivity contribution in [3.63, 3.8) is 0 Å². The molecule has 0 bridgehead atoms. The Bertz CT molecular complexity index is 860. The summed E-state index contributed by atoms with van der Waals surface area (Å²) >= 11 is 0. The van der Waals surface area contributed by atoms with Crippen molar-refractivity contribution in [2.45, 2.75) is 18.9 Å². The quantitative estimate of drug-likeness (QED) is 0.828. The predicted molar refractivity (Wildman–Crippen MR) is 106 cm³/mol. The zero-order valence-corrected chi connectivity index (χ0v) is 15.8. The van der Waals surface area contributed by atoms with Crippen molar-refractivity contribution in [3.05, 3.63) is 47.8 Å². The first-order valence-corrected chi connectivity index (χ1v) is 9.52. The second kappa shape index (κ2) is 7.67. The minimum atomic E-state index is -0.898. The smallest absolute Gasteiger partial charge is 0.255 e. The highest BCUT2D eigenvalue weighted by atomic mass is 19.1. The van der Waals surface area contributed by atoms with Crippen LogP contribution in [0, 0.1) is 5.82 Å². The fourth-order valence-electron chi connectivity index (χ4n) is 3.60. The molecule has 0 spiro atoms. The Morgan fingerprint density at radius 2 is 1.82 bits per heavy atom. The normalized spacial score (nSPS) is 17.4. The van der Waals surface area contributed by atoms with Crippen molar-refractivity contribution in [2.24, 2.45) is 0 Å². The summed E-state index contributed by atoms with van der Waals surface area (Å²) in [5.74, 6) is -2.05. The van der Waals surface area contributed by atoms with Crippen LogP contribution in [-0.2, 0) is 0 Å². The molecule has 0 unspecified atom stereocenters. The number of benzene rings is 2. The fraction of sp³-hybridized carbons (Fsp3) is 0.381. The van der Waals surface area contributed by atoms with Gasteiger partial charge in [0.15, 0.2) is 17.3 Å². The van der Waals surface area contributed by atoms with Crippen LogP contribution in [0.25, 0.3) is 0 Å². The number of phenolic OH excluding ortho intramolecular Hbond substituents is 1. The van der Waals surface area contributed by atoms with Gasteiger partial charge in [-0.3, -0.25) is 9.69 Å². The first kappa shape index (κ1) is 18.6. The van der Waals surface area contributed by atoms with Crippen LogP contribution < -0.4 is 15.0 Å². The predicted octanol–water partition coefficient (Wildman–Crippen LogP) is 3.08. The fourth-order valence-corrected chi connectivity index (χ4v) is 3.60. The van der Waals surface area contributed by atoms with Crippen molar-refractivity contribution >= 4 is 17.3 Å². The monoisotopic (exact) mass is 385 g/mol. The van der Waals surface area contributed by atoms with E-state index < -0.39 is 17.5 Å². The molecule has 2 N–H and O–H groups in total. The lowest BCUT2D eigenvalue weighted by molar-refractivity contribution is 0.102. The number of methoxy groups -OCH3 is 1. The maximum absolute atomic E-state index is 13.7. The molecule has 1 heterocycles. The number of hydrogen-bond donors (Lipinski definition) is 2. The Hall–Kier alpha value is -2.80. The van der Waals surface area contributed by atoms with Crippen LogP contribution in [-0.4, -0.2) is 55.2 Å². The lowest BCUT2D eigenvalue weighted by Gasteiger charge is -2.36. The summed E-state index contributed by atoms with van der Waals surface area (Å²) in [5, 5.41) is 12.3. The Morgan fingerprint density at radius 3 is 2.43 bits per heavy atom. The number of nitrogens with zero attached hydrogens (tertiary/aromatic N) is 2. The van der Waals surface area contributed by atoms with Crippen molar-refractivity contribution in [1.82, 2.24) is 4.90 Å². The molecule has 4 rings (SSSR count). The molecule has 0 aromatic heterocycles. The van der Waals surface area contributed by atoms with Gasteiger partial charge in [0, 0.05) is 49.2 Å². The number of rotatable bonds is 5. The number of amides is 1. The molecule has 2 aromatic rings.